The summed E-state index contributed by atoms with van der Waals surface area (Å²) in [5.74, 6) is 0.130. The van der Waals surface area contributed by atoms with Crippen molar-refractivity contribution >= 4 is 0 Å². The van der Waals surface area contributed by atoms with E-state index in [2.05, 4.69) is 0 Å². The van der Waals surface area contributed by atoms with Crippen molar-refractivity contribution in [2.45, 2.75) is 33.1 Å². The number of aromatic nitrogens is 2. The summed E-state index contributed by atoms with van der Waals surface area (Å²) in [5.41, 5.74) is -2.07. The van der Waals surface area contributed by atoms with Crippen LogP contribution in [0.5, 0.6) is 0 Å². The van der Waals surface area contributed by atoms with Gasteiger partial charge in [0.2, 0.25) is 0 Å². The van der Waals surface area contributed by atoms with E-state index in [-0.39, 0.29) is 5.92 Å². The molecule has 0 atom stereocenters. The van der Waals surface area contributed by atoms with Crippen LogP contribution in [0.1, 0.15) is 13.8 Å². The van der Waals surface area contributed by atoms with Gasteiger partial charge in [0, 0.05) is 18.9 Å². The summed E-state index contributed by atoms with van der Waals surface area (Å²) in [7, 11) is 0. The second kappa shape index (κ2) is 4.77. The Bertz CT molecular complexity index is 499. The first-order valence-electron chi connectivity index (χ1n) is 5.07. The number of halogens is 3. The second-order valence-electron chi connectivity index (χ2n) is 4.20. The monoisotopic (exact) mass is 250 g/mol. The van der Waals surface area contributed by atoms with Crippen LogP contribution in [-0.4, -0.2) is 15.3 Å². The molecule has 17 heavy (non-hydrogen) atoms. The third-order valence-corrected chi connectivity index (χ3v) is 2.04. The van der Waals surface area contributed by atoms with Crippen LogP contribution in [0.3, 0.4) is 0 Å². The van der Waals surface area contributed by atoms with E-state index in [0.29, 0.717) is 11.1 Å². The molecular weight excluding hydrogens is 237 g/mol. The molecule has 0 aliphatic heterocycles. The molecule has 0 aliphatic rings. The van der Waals surface area contributed by atoms with Gasteiger partial charge in [0.05, 0.1) is 0 Å². The van der Waals surface area contributed by atoms with Crippen molar-refractivity contribution in [1.29, 1.82) is 0 Å². The van der Waals surface area contributed by atoms with Crippen LogP contribution in [0.15, 0.2) is 22.0 Å². The van der Waals surface area contributed by atoms with Gasteiger partial charge in [0.15, 0.2) is 0 Å². The Hall–Kier alpha value is -1.53. The van der Waals surface area contributed by atoms with E-state index in [1.54, 1.807) is 0 Å². The van der Waals surface area contributed by atoms with Gasteiger partial charge in [-0.1, -0.05) is 13.8 Å². The summed E-state index contributed by atoms with van der Waals surface area (Å²) in [5, 5.41) is 0. The number of rotatable bonds is 3. The van der Waals surface area contributed by atoms with Gasteiger partial charge in [0.25, 0.3) is 0 Å². The molecule has 1 heterocycles. The Morgan fingerprint density at radius 2 is 1.59 bits per heavy atom. The van der Waals surface area contributed by atoms with E-state index in [4.69, 9.17) is 0 Å². The van der Waals surface area contributed by atoms with Crippen molar-refractivity contribution in [1.82, 2.24) is 9.13 Å². The van der Waals surface area contributed by atoms with Gasteiger partial charge < -0.3 is 9.13 Å². The molecule has 4 nitrogen and oxygen atoms in total. The normalized spacial score (nSPS) is 12.1. The predicted molar refractivity (Wildman–Crippen MR) is 55.9 cm³/mol. The zero-order valence-electron chi connectivity index (χ0n) is 9.49. The van der Waals surface area contributed by atoms with Gasteiger partial charge in [-0.15, -0.1) is 0 Å². The van der Waals surface area contributed by atoms with Crippen molar-refractivity contribution in [3.8, 4) is 0 Å². The Balaban J connectivity index is 3.12. The smallest absolute Gasteiger partial charge is 0.309 e. The Morgan fingerprint density at radius 3 is 2.06 bits per heavy atom. The fourth-order valence-electron chi connectivity index (χ4n) is 1.40. The van der Waals surface area contributed by atoms with E-state index >= 15 is 0 Å². The molecule has 96 valence electrons. The summed E-state index contributed by atoms with van der Waals surface area (Å²) in [6.45, 7) is 2.55. The Kier molecular flexibility index (Phi) is 3.79. The Morgan fingerprint density at radius 1 is 1.12 bits per heavy atom. The second-order valence-corrected chi connectivity index (χ2v) is 4.20. The highest BCUT2D eigenvalue weighted by molar-refractivity contribution is 4.86. The molecular formula is C10H13F3N2O2. The molecule has 0 bridgehead atoms. The lowest BCUT2D eigenvalue weighted by Crippen LogP contribution is -2.43. The van der Waals surface area contributed by atoms with E-state index in [1.165, 1.54) is 6.20 Å². The molecule has 0 N–H and O–H groups in total. The molecule has 0 radical (unpaired) electrons. The average molecular weight is 250 g/mol. The quantitative estimate of drug-likeness (QED) is 0.757. The van der Waals surface area contributed by atoms with Crippen LogP contribution in [0, 0.1) is 5.92 Å². The van der Waals surface area contributed by atoms with Crippen LogP contribution in [-0.2, 0) is 13.1 Å². The van der Waals surface area contributed by atoms with Crippen LogP contribution in [0.25, 0.3) is 0 Å². The maximum atomic E-state index is 12.1. The molecule has 0 amide bonds. The van der Waals surface area contributed by atoms with Gasteiger partial charge in [-0.25, -0.2) is 0 Å². The molecule has 0 saturated heterocycles. The lowest BCUT2D eigenvalue weighted by atomic mass is 10.2. The molecule has 1 aromatic heterocycles. The number of hydrogen-bond donors (Lipinski definition) is 0. The average Bonchev–Trinajstić information content (AvgIpc) is 2.15. The van der Waals surface area contributed by atoms with Gasteiger partial charge in [-0.2, -0.15) is 13.2 Å². The first-order chi connectivity index (χ1) is 7.70. The minimum absolute atomic E-state index is 0.130. The molecule has 0 unspecified atom stereocenters. The Labute approximate surface area is 95.3 Å². The first-order valence-corrected chi connectivity index (χ1v) is 5.07. The van der Waals surface area contributed by atoms with E-state index in [1.807, 2.05) is 13.8 Å². The number of alkyl halides is 3. The van der Waals surface area contributed by atoms with Gasteiger partial charge in [-0.3, -0.25) is 9.59 Å². The third kappa shape index (κ3) is 3.76. The largest absolute Gasteiger partial charge is 0.406 e. The first kappa shape index (κ1) is 13.5. The molecule has 1 aromatic rings. The SMILES string of the molecule is CC(C)Cn1ccn(CC(F)(F)F)c(=O)c1=O. The summed E-state index contributed by atoms with van der Waals surface area (Å²) in [6.07, 6.45) is -2.32. The summed E-state index contributed by atoms with van der Waals surface area (Å²) < 4.78 is 37.8. The summed E-state index contributed by atoms with van der Waals surface area (Å²) >= 11 is 0. The van der Waals surface area contributed by atoms with Crippen molar-refractivity contribution in [2.24, 2.45) is 5.92 Å². The molecule has 0 aromatic carbocycles. The lowest BCUT2D eigenvalue weighted by Gasteiger charge is -2.11. The fourth-order valence-corrected chi connectivity index (χ4v) is 1.40. The van der Waals surface area contributed by atoms with Crippen molar-refractivity contribution in [3.63, 3.8) is 0 Å². The lowest BCUT2D eigenvalue weighted by molar-refractivity contribution is -0.141. The zero-order chi connectivity index (χ0) is 13.2. The minimum atomic E-state index is -4.51. The highest BCUT2D eigenvalue weighted by Crippen LogP contribution is 2.15. The van der Waals surface area contributed by atoms with E-state index in [0.717, 1.165) is 10.8 Å². The summed E-state index contributed by atoms with van der Waals surface area (Å²) in [6, 6.07) is 0. The number of nitrogens with zero attached hydrogens (tertiary/aromatic N) is 2. The zero-order valence-corrected chi connectivity index (χ0v) is 9.49. The predicted octanol–water partition coefficient (Wildman–Crippen LogP) is 1.23. The maximum absolute atomic E-state index is 12.1. The van der Waals surface area contributed by atoms with Crippen LogP contribution >= 0.6 is 0 Å². The van der Waals surface area contributed by atoms with Crippen molar-refractivity contribution in [3.05, 3.63) is 33.1 Å². The highest BCUT2D eigenvalue weighted by Gasteiger charge is 2.28. The minimum Gasteiger partial charge on any atom is -0.309 e. The molecule has 0 aliphatic carbocycles. The molecule has 1 rings (SSSR count). The van der Waals surface area contributed by atoms with E-state index in [9.17, 15) is 22.8 Å². The van der Waals surface area contributed by atoms with Gasteiger partial charge >= 0.3 is 17.3 Å². The standard InChI is InChI=1S/C10H13F3N2O2/c1-7(2)5-14-3-4-15(6-10(11,12)13)9(17)8(14)16/h3-4,7H,5-6H2,1-2H3. The maximum Gasteiger partial charge on any atom is 0.406 e. The van der Waals surface area contributed by atoms with Crippen LogP contribution in [0.2, 0.25) is 0 Å². The molecule has 0 spiro atoms. The fraction of sp³-hybridized carbons (Fsp3) is 0.600. The number of hydrogen-bond acceptors (Lipinski definition) is 2. The van der Waals surface area contributed by atoms with Gasteiger partial charge in [-0.05, 0) is 5.92 Å². The molecule has 0 fully saturated rings. The van der Waals surface area contributed by atoms with Crippen LogP contribution in [0.4, 0.5) is 13.2 Å². The van der Waals surface area contributed by atoms with Crippen molar-refractivity contribution in [2.75, 3.05) is 0 Å². The highest BCUT2D eigenvalue weighted by atomic mass is 19.4. The summed E-state index contributed by atoms with van der Waals surface area (Å²) in [4.78, 5) is 22.9. The van der Waals surface area contributed by atoms with E-state index < -0.39 is 23.8 Å². The van der Waals surface area contributed by atoms with Gasteiger partial charge in [0.1, 0.15) is 6.54 Å². The third-order valence-electron chi connectivity index (χ3n) is 2.04. The molecule has 0 saturated carbocycles. The van der Waals surface area contributed by atoms with Crippen molar-refractivity contribution < 1.29 is 13.2 Å². The topological polar surface area (TPSA) is 44.0 Å². The molecule has 7 heteroatoms. The van der Waals surface area contributed by atoms with Crippen LogP contribution < -0.4 is 11.1 Å².